The summed E-state index contributed by atoms with van der Waals surface area (Å²) in [5, 5.41) is 1.93. The number of amides is 1. The number of hydrogen-bond acceptors (Lipinski definition) is 4. The molecule has 0 aromatic carbocycles. The van der Waals surface area contributed by atoms with Crippen molar-refractivity contribution in [2.45, 2.75) is 38.9 Å². The number of aromatic nitrogens is 1. The second-order valence-electron chi connectivity index (χ2n) is 5.55. The van der Waals surface area contributed by atoms with Crippen molar-refractivity contribution in [3.63, 3.8) is 0 Å². The van der Waals surface area contributed by atoms with Crippen molar-refractivity contribution in [2.24, 2.45) is 0 Å². The largest absolute Gasteiger partial charge is 0.496 e. The van der Waals surface area contributed by atoms with E-state index in [0.717, 1.165) is 0 Å². The van der Waals surface area contributed by atoms with Gasteiger partial charge in [-0.05, 0) is 33.8 Å². The van der Waals surface area contributed by atoms with E-state index in [2.05, 4.69) is 4.98 Å². The second-order valence-corrected chi connectivity index (χ2v) is 5.55. The third-order valence-electron chi connectivity index (χ3n) is 3.66. The van der Waals surface area contributed by atoms with Crippen molar-refractivity contribution < 1.29 is 18.2 Å². The lowest BCUT2D eigenvalue weighted by Crippen LogP contribution is -2.41. The summed E-state index contributed by atoms with van der Waals surface area (Å²) >= 11 is 0. The molecule has 6 heteroatoms. The molecule has 2 rings (SSSR count). The average molecular weight is 265 g/mol. The molecule has 1 aliphatic heterocycles. The second kappa shape index (κ2) is 4.61. The molecule has 1 aromatic heterocycles. The number of carbonyl (C=O) groups is 1. The Morgan fingerprint density at radius 2 is 1.95 bits per heavy atom. The van der Waals surface area contributed by atoms with Crippen LogP contribution in [-0.4, -0.2) is 36.2 Å². The van der Waals surface area contributed by atoms with Gasteiger partial charge < -0.3 is 14.6 Å². The molecule has 0 aliphatic carbocycles. The first-order valence-electron chi connectivity index (χ1n) is 7.54. The van der Waals surface area contributed by atoms with Gasteiger partial charge in [-0.2, -0.15) is 0 Å². The number of carbonyl (C=O) groups excluding carboxylic acids is 1. The van der Waals surface area contributed by atoms with Gasteiger partial charge >= 0.3 is 7.12 Å². The van der Waals surface area contributed by atoms with Crippen LogP contribution >= 0.6 is 0 Å². The molecule has 0 unspecified atom stereocenters. The normalized spacial score (nSPS) is 23.4. The molecule has 0 bridgehead atoms. The summed E-state index contributed by atoms with van der Waals surface area (Å²) in [5.74, 6) is -0.717. The van der Waals surface area contributed by atoms with E-state index in [1.807, 2.05) is 33.0 Å². The third kappa shape index (κ3) is 2.50. The molecule has 1 amide bonds. The van der Waals surface area contributed by atoms with Gasteiger partial charge in [0.1, 0.15) is 0 Å². The van der Waals surface area contributed by atoms with E-state index >= 15 is 0 Å². The van der Waals surface area contributed by atoms with Crippen LogP contribution in [0.5, 0.6) is 0 Å². The highest BCUT2D eigenvalue weighted by Crippen LogP contribution is 2.36. The fourth-order valence-corrected chi connectivity index (χ4v) is 1.76. The fraction of sp³-hybridized carbons (Fsp3) is 0.538. The van der Waals surface area contributed by atoms with E-state index in [4.69, 9.17) is 13.4 Å². The van der Waals surface area contributed by atoms with Crippen LogP contribution in [0, 0.1) is 0 Å². The molecule has 102 valence electrons. The Kier molecular flexibility index (Phi) is 2.53. The monoisotopic (exact) mass is 265 g/mol. The zero-order valence-electron chi connectivity index (χ0n) is 14.5. The van der Waals surface area contributed by atoms with Crippen molar-refractivity contribution in [1.29, 1.82) is 0 Å². The molecule has 0 radical (unpaired) electrons. The first kappa shape index (κ1) is 10.4. The summed E-state index contributed by atoms with van der Waals surface area (Å²) in [7, 11) is -0.655. The van der Waals surface area contributed by atoms with Crippen LogP contribution in [0.3, 0.4) is 0 Å². The molecule has 0 saturated carbocycles. The molecular formula is C13H19BN2O3. The van der Waals surface area contributed by atoms with E-state index in [1.54, 1.807) is 0 Å². The molecule has 1 N–H and O–H groups in total. The van der Waals surface area contributed by atoms with Crippen molar-refractivity contribution in [2.75, 3.05) is 6.98 Å². The Balaban J connectivity index is 2.22. The van der Waals surface area contributed by atoms with Crippen LogP contribution in [-0.2, 0) is 9.31 Å². The lowest BCUT2D eigenvalue weighted by molar-refractivity contribution is 0.00578. The minimum absolute atomic E-state index is 0.142. The summed E-state index contributed by atoms with van der Waals surface area (Å²) in [5.41, 5.74) is -0.302. The zero-order chi connectivity index (χ0) is 16.8. The summed E-state index contributed by atoms with van der Waals surface area (Å²) in [6.07, 6.45) is 2.84. The molecule has 2 heterocycles. The topological polar surface area (TPSA) is 60.5 Å². The molecule has 0 atom stereocenters. The Bertz CT molecular complexity index is 574. The Morgan fingerprint density at radius 1 is 1.32 bits per heavy atom. The van der Waals surface area contributed by atoms with E-state index < -0.39 is 31.2 Å². The van der Waals surface area contributed by atoms with Crippen LogP contribution in [0.1, 0.15) is 42.2 Å². The third-order valence-corrected chi connectivity index (χ3v) is 3.66. The SMILES string of the molecule is [2H]C([2H])([2H])NC(=O)c1cncc(B2OC(C)(C)C(C)(C)O2)c1. The van der Waals surface area contributed by atoms with Gasteiger partial charge in [0.05, 0.1) is 16.8 Å². The van der Waals surface area contributed by atoms with Gasteiger partial charge in [0, 0.05) is 28.9 Å². The maximum Gasteiger partial charge on any atom is 0.496 e. The minimum Gasteiger partial charge on any atom is -0.399 e. The number of pyridine rings is 1. The maximum atomic E-state index is 11.9. The highest BCUT2D eigenvalue weighted by Gasteiger charge is 2.51. The van der Waals surface area contributed by atoms with E-state index in [0.29, 0.717) is 5.46 Å². The van der Waals surface area contributed by atoms with Crippen LogP contribution < -0.4 is 10.8 Å². The number of nitrogens with zero attached hydrogens (tertiary/aromatic N) is 1. The van der Waals surface area contributed by atoms with Gasteiger partial charge in [-0.25, -0.2) is 0 Å². The zero-order valence-corrected chi connectivity index (χ0v) is 11.5. The molecule has 19 heavy (non-hydrogen) atoms. The number of rotatable bonds is 2. The summed E-state index contributed by atoms with van der Waals surface area (Å²) in [4.78, 5) is 15.9. The lowest BCUT2D eigenvalue weighted by Gasteiger charge is -2.32. The number of nitrogens with one attached hydrogen (secondary N) is 1. The quantitative estimate of drug-likeness (QED) is 0.801. The summed E-state index contributed by atoms with van der Waals surface area (Å²) in [6, 6.07) is 1.52. The van der Waals surface area contributed by atoms with E-state index in [9.17, 15) is 4.79 Å². The first-order valence-corrected chi connectivity index (χ1v) is 6.04. The molecule has 0 spiro atoms. The predicted molar refractivity (Wildman–Crippen MR) is 73.3 cm³/mol. The van der Waals surface area contributed by atoms with Gasteiger partial charge in [-0.3, -0.25) is 9.78 Å². The van der Waals surface area contributed by atoms with Crippen molar-refractivity contribution in [3.05, 3.63) is 24.0 Å². The highest BCUT2D eigenvalue weighted by atomic mass is 16.7. The number of hydrogen-bond donors (Lipinski definition) is 1. The first-order chi connectivity index (χ1) is 9.91. The maximum absolute atomic E-state index is 11.9. The fourth-order valence-electron chi connectivity index (χ4n) is 1.76. The van der Waals surface area contributed by atoms with Crippen LogP contribution in [0.25, 0.3) is 0 Å². The Hall–Kier alpha value is -1.40. The van der Waals surface area contributed by atoms with E-state index in [-0.39, 0.29) is 5.56 Å². The van der Waals surface area contributed by atoms with Crippen molar-refractivity contribution in [3.8, 4) is 0 Å². The predicted octanol–water partition coefficient (Wildman–Crippen LogP) is 0.740. The molecular weight excluding hydrogens is 243 g/mol. The van der Waals surface area contributed by atoms with Crippen molar-refractivity contribution >= 4 is 18.5 Å². The van der Waals surface area contributed by atoms with Gasteiger partial charge in [-0.15, -0.1) is 0 Å². The lowest BCUT2D eigenvalue weighted by atomic mass is 9.80. The van der Waals surface area contributed by atoms with E-state index in [1.165, 1.54) is 18.5 Å². The minimum atomic E-state index is -2.54. The summed E-state index contributed by atoms with van der Waals surface area (Å²) < 4.78 is 33.0. The molecule has 1 aromatic rings. The molecule has 1 saturated heterocycles. The standard InChI is InChI=1S/C13H19BN2O3/c1-12(2)13(3,4)19-14(18-12)10-6-9(7-16-8-10)11(17)15-5/h6-8H,1-5H3,(H,15,17)/i5D3. The van der Waals surface area contributed by atoms with Gasteiger partial charge in [-0.1, -0.05) is 0 Å². The van der Waals surface area contributed by atoms with Gasteiger partial charge in [0.15, 0.2) is 0 Å². The van der Waals surface area contributed by atoms with Crippen LogP contribution in [0.15, 0.2) is 18.5 Å². The molecule has 5 nitrogen and oxygen atoms in total. The van der Waals surface area contributed by atoms with Gasteiger partial charge in [0.25, 0.3) is 5.91 Å². The van der Waals surface area contributed by atoms with Crippen molar-refractivity contribution in [1.82, 2.24) is 10.3 Å². The van der Waals surface area contributed by atoms with Gasteiger partial charge in [0.2, 0.25) is 0 Å². The Labute approximate surface area is 118 Å². The van der Waals surface area contributed by atoms with Crippen LogP contribution in [0.4, 0.5) is 0 Å². The average Bonchev–Trinajstić information content (AvgIpc) is 2.57. The molecule has 1 aliphatic rings. The Morgan fingerprint density at radius 3 is 2.53 bits per heavy atom. The summed E-state index contributed by atoms with van der Waals surface area (Å²) in [6.45, 7) is 5.14. The highest BCUT2D eigenvalue weighted by molar-refractivity contribution is 6.62. The van der Waals surface area contributed by atoms with Crippen LogP contribution in [0.2, 0.25) is 0 Å². The molecule has 1 fully saturated rings. The smallest absolute Gasteiger partial charge is 0.399 e.